The average molecular weight is 262 g/mol. The number of carbonyl (C=O) groups is 1. The summed E-state index contributed by atoms with van der Waals surface area (Å²) in [5, 5.41) is 2.95. The maximum Gasteiger partial charge on any atom is 0.231 e. The number of ether oxygens (including phenoxy) is 1. The van der Waals surface area contributed by atoms with E-state index in [9.17, 15) is 4.79 Å². The third-order valence-corrected chi connectivity index (χ3v) is 3.75. The number of benzene rings is 1. The Kier molecular flexibility index (Phi) is 4.43. The summed E-state index contributed by atoms with van der Waals surface area (Å²) in [5.74, 6) is 0.823. The molecule has 19 heavy (non-hydrogen) atoms. The number of hydrogen-bond donors (Lipinski definition) is 2. The topological polar surface area (TPSA) is 64.3 Å². The van der Waals surface area contributed by atoms with E-state index in [1.807, 2.05) is 24.3 Å². The molecule has 1 aliphatic rings. The van der Waals surface area contributed by atoms with Gasteiger partial charge in [0.25, 0.3) is 0 Å². The van der Waals surface area contributed by atoms with Gasteiger partial charge >= 0.3 is 0 Å². The second kappa shape index (κ2) is 6.06. The van der Waals surface area contributed by atoms with Crippen molar-refractivity contribution in [1.82, 2.24) is 0 Å². The van der Waals surface area contributed by atoms with Crippen molar-refractivity contribution in [3.8, 4) is 5.75 Å². The fraction of sp³-hybridized carbons (Fsp3) is 0.533. The SMILES string of the molecule is CCCOc1cccc(NC(=O)C2(CN)CCC2)c1. The zero-order valence-electron chi connectivity index (χ0n) is 11.4. The van der Waals surface area contributed by atoms with E-state index in [2.05, 4.69) is 12.2 Å². The van der Waals surface area contributed by atoms with E-state index in [1.165, 1.54) is 0 Å². The van der Waals surface area contributed by atoms with Gasteiger partial charge in [-0.1, -0.05) is 19.4 Å². The van der Waals surface area contributed by atoms with Gasteiger partial charge in [0, 0.05) is 18.3 Å². The molecule has 0 radical (unpaired) electrons. The molecule has 3 N–H and O–H groups in total. The highest BCUT2D eigenvalue weighted by molar-refractivity contribution is 5.96. The van der Waals surface area contributed by atoms with Crippen LogP contribution in [0.1, 0.15) is 32.6 Å². The maximum atomic E-state index is 12.2. The van der Waals surface area contributed by atoms with Crippen molar-refractivity contribution < 1.29 is 9.53 Å². The first-order valence-electron chi connectivity index (χ1n) is 6.94. The standard InChI is InChI=1S/C15H22N2O2/c1-2-9-19-13-6-3-5-12(10-13)17-14(18)15(11-16)7-4-8-15/h3,5-6,10H,2,4,7-9,11,16H2,1H3,(H,17,18). The second-order valence-electron chi connectivity index (χ2n) is 5.17. The summed E-state index contributed by atoms with van der Waals surface area (Å²) in [7, 11) is 0. The summed E-state index contributed by atoms with van der Waals surface area (Å²) in [6, 6.07) is 7.51. The van der Waals surface area contributed by atoms with Gasteiger partial charge in [0.05, 0.1) is 12.0 Å². The molecule has 4 heteroatoms. The Balaban J connectivity index is 2.00. The van der Waals surface area contributed by atoms with Gasteiger partial charge in [-0.2, -0.15) is 0 Å². The number of rotatable bonds is 6. The smallest absolute Gasteiger partial charge is 0.231 e. The van der Waals surface area contributed by atoms with E-state index >= 15 is 0 Å². The molecule has 0 aromatic heterocycles. The summed E-state index contributed by atoms with van der Waals surface area (Å²) in [5.41, 5.74) is 6.16. The number of amides is 1. The first kappa shape index (κ1) is 13.9. The quantitative estimate of drug-likeness (QED) is 0.828. The zero-order valence-corrected chi connectivity index (χ0v) is 11.4. The molecule has 2 rings (SSSR count). The van der Waals surface area contributed by atoms with Crippen LogP contribution in [0, 0.1) is 5.41 Å². The molecule has 104 valence electrons. The van der Waals surface area contributed by atoms with Crippen LogP contribution in [0.5, 0.6) is 5.75 Å². The van der Waals surface area contributed by atoms with Crippen LogP contribution in [0.4, 0.5) is 5.69 Å². The molecule has 1 aromatic carbocycles. The lowest BCUT2D eigenvalue weighted by atomic mass is 9.68. The Morgan fingerprint density at radius 1 is 1.47 bits per heavy atom. The van der Waals surface area contributed by atoms with E-state index in [0.717, 1.165) is 37.1 Å². The molecule has 0 atom stereocenters. The van der Waals surface area contributed by atoms with Crippen LogP contribution >= 0.6 is 0 Å². The summed E-state index contributed by atoms with van der Waals surface area (Å²) >= 11 is 0. The fourth-order valence-corrected chi connectivity index (χ4v) is 2.27. The molecule has 4 nitrogen and oxygen atoms in total. The van der Waals surface area contributed by atoms with E-state index in [-0.39, 0.29) is 11.3 Å². The predicted molar refractivity (Wildman–Crippen MR) is 76.2 cm³/mol. The largest absolute Gasteiger partial charge is 0.494 e. The Bertz CT molecular complexity index is 436. The predicted octanol–water partition coefficient (Wildman–Crippen LogP) is 2.54. The first-order valence-corrected chi connectivity index (χ1v) is 6.94. The van der Waals surface area contributed by atoms with E-state index in [0.29, 0.717) is 13.2 Å². The Morgan fingerprint density at radius 2 is 2.26 bits per heavy atom. The highest BCUT2D eigenvalue weighted by Crippen LogP contribution is 2.40. The Hall–Kier alpha value is -1.55. The van der Waals surface area contributed by atoms with E-state index < -0.39 is 0 Å². The van der Waals surface area contributed by atoms with Crippen molar-refractivity contribution in [2.24, 2.45) is 11.1 Å². The van der Waals surface area contributed by atoms with Crippen molar-refractivity contribution in [3.63, 3.8) is 0 Å². The van der Waals surface area contributed by atoms with Crippen LogP contribution in [0.3, 0.4) is 0 Å². The molecule has 0 aliphatic heterocycles. The van der Waals surface area contributed by atoms with Crippen molar-refractivity contribution in [2.45, 2.75) is 32.6 Å². The number of hydrogen-bond acceptors (Lipinski definition) is 3. The molecule has 1 saturated carbocycles. The van der Waals surface area contributed by atoms with Gasteiger partial charge in [-0.25, -0.2) is 0 Å². The highest BCUT2D eigenvalue weighted by Gasteiger charge is 2.42. The second-order valence-corrected chi connectivity index (χ2v) is 5.17. The lowest BCUT2D eigenvalue weighted by Crippen LogP contribution is -2.47. The van der Waals surface area contributed by atoms with Gasteiger partial charge < -0.3 is 15.8 Å². The minimum atomic E-state index is -0.347. The van der Waals surface area contributed by atoms with Crippen molar-refractivity contribution in [1.29, 1.82) is 0 Å². The number of nitrogens with one attached hydrogen (secondary N) is 1. The third kappa shape index (κ3) is 3.07. The van der Waals surface area contributed by atoms with Gasteiger partial charge in [0.2, 0.25) is 5.91 Å². The van der Waals surface area contributed by atoms with Gasteiger partial charge in [0.1, 0.15) is 5.75 Å². The molecule has 1 fully saturated rings. The molecule has 0 heterocycles. The maximum absolute atomic E-state index is 12.2. The summed E-state index contributed by atoms with van der Waals surface area (Å²) < 4.78 is 5.55. The average Bonchev–Trinajstić information content (AvgIpc) is 2.36. The minimum absolute atomic E-state index is 0.0360. The molecule has 0 unspecified atom stereocenters. The number of anilines is 1. The molecule has 0 saturated heterocycles. The Labute approximate surface area is 114 Å². The molecular formula is C15H22N2O2. The lowest BCUT2D eigenvalue weighted by Gasteiger charge is -2.39. The van der Waals surface area contributed by atoms with Gasteiger partial charge in [-0.3, -0.25) is 4.79 Å². The zero-order chi connectivity index (χ0) is 13.7. The Morgan fingerprint density at radius 3 is 2.84 bits per heavy atom. The van der Waals surface area contributed by atoms with Crippen molar-refractivity contribution in [3.05, 3.63) is 24.3 Å². The molecule has 1 aliphatic carbocycles. The molecule has 1 aromatic rings. The van der Waals surface area contributed by atoms with Crippen LogP contribution in [0.15, 0.2) is 24.3 Å². The number of carbonyl (C=O) groups excluding carboxylic acids is 1. The van der Waals surface area contributed by atoms with Gasteiger partial charge in [0.15, 0.2) is 0 Å². The summed E-state index contributed by atoms with van der Waals surface area (Å²) in [6.45, 7) is 3.17. The van der Waals surface area contributed by atoms with E-state index in [4.69, 9.17) is 10.5 Å². The molecule has 0 spiro atoms. The lowest BCUT2D eigenvalue weighted by molar-refractivity contribution is -0.129. The third-order valence-electron chi connectivity index (χ3n) is 3.75. The monoisotopic (exact) mass is 262 g/mol. The molecular weight excluding hydrogens is 240 g/mol. The van der Waals surface area contributed by atoms with Gasteiger partial charge in [-0.05, 0) is 31.4 Å². The van der Waals surface area contributed by atoms with Crippen LogP contribution in [-0.2, 0) is 4.79 Å². The van der Waals surface area contributed by atoms with Crippen LogP contribution in [-0.4, -0.2) is 19.1 Å². The first-order chi connectivity index (χ1) is 9.20. The van der Waals surface area contributed by atoms with Crippen molar-refractivity contribution >= 4 is 11.6 Å². The molecule has 0 bridgehead atoms. The molecule has 1 amide bonds. The van der Waals surface area contributed by atoms with Crippen LogP contribution < -0.4 is 15.8 Å². The minimum Gasteiger partial charge on any atom is -0.494 e. The number of nitrogens with two attached hydrogens (primary N) is 1. The summed E-state index contributed by atoms with van der Waals surface area (Å²) in [4.78, 5) is 12.2. The van der Waals surface area contributed by atoms with E-state index in [1.54, 1.807) is 0 Å². The van der Waals surface area contributed by atoms with Gasteiger partial charge in [-0.15, -0.1) is 0 Å². The van der Waals surface area contributed by atoms with Crippen molar-refractivity contribution in [2.75, 3.05) is 18.5 Å². The highest BCUT2D eigenvalue weighted by atomic mass is 16.5. The summed E-state index contributed by atoms with van der Waals surface area (Å²) in [6.07, 6.45) is 3.83. The normalized spacial score (nSPS) is 16.5. The van der Waals surface area contributed by atoms with Crippen LogP contribution in [0.25, 0.3) is 0 Å². The van der Waals surface area contributed by atoms with Crippen LogP contribution in [0.2, 0.25) is 0 Å². The fourth-order valence-electron chi connectivity index (χ4n) is 2.27.